The standard InChI is InChI=1S/C27H35F3N6O2/c1-18-6-5-7-21(25(18)33(3)14-15-35-12-10-31-11-13-35)34(4)26(38)22-8-9-24(37)36(22)23-17-20(27(28,29)30)16-19(2)32-23/h5-7,16-17,22,31H,8-15H2,1-4H3/t22-/m0/s1. The molecule has 1 N–H and O–H groups in total. The number of para-hydroxylation sites is 1. The van der Waals surface area contributed by atoms with E-state index in [0.717, 1.165) is 67.6 Å². The minimum atomic E-state index is -4.59. The lowest BCUT2D eigenvalue weighted by Crippen LogP contribution is -2.47. The van der Waals surface area contributed by atoms with Gasteiger partial charge in [-0.1, -0.05) is 12.1 Å². The number of halogens is 3. The number of likely N-dealkylation sites (N-methyl/N-ethyl adjacent to an activating group) is 2. The van der Waals surface area contributed by atoms with Crippen LogP contribution in [0.5, 0.6) is 0 Å². The second-order valence-corrected chi connectivity index (χ2v) is 10.0. The van der Waals surface area contributed by atoms with Gasteiger partial charge in [-0.2, -0.15) is 13.2 Å². The highest BCUT2D eigenvalue weighted by atomic mass is 19.4. The number of carbonyl (C=O) groups excluding carboxylic acids is 2. The molecule has 0 aliphatic carbocycles. The summed E-state index contributed by atoms with van der Waals surface area (Å²) in [4.78, 5) is 37.9. The van der Waals surface area contributed by atoms with Crippen LogP contribution in [0.4, 0.5) is 30.4 Å². The van der Waals surface area contributed by atoms with Crippen molar-refractivity contribution < 1.29 is 22.8 Å². The molecule has 0 unspecified atom stereocenters. The van der Waals surface area contributed by atoms with Gasteiger partial charge in [0.15, 0.2) is 0 Å². The number of piperazine rings is 1. The van der Waals surface area contributed by atoms with Gasteiger partial charge in [0.2, 0.25) is 11.8 Å². The molecule has 0 spiro atoms. The van der Waals surface area contributed by atoms with E-state index in [9.17, 15) is 22.8 Å². The van der Waals surface area contributed by atoms with E-state index in [4.69, 9.17) is 0 Å². The predicted octanol–water partition coefficient (Wildman–Crippen LogP) is 3.22. The van der Waals surface area contributed by atoms with Gasteiger partial charge in [0.1, 0.15) is 11.9 Å². The molecule has 3 heterocycles. The van der Waals surface area contributed by atoms with Gasteiger partial charge in [0, 0.05) is 65.5 Å². The van der Waals surface area contributed by atoms with Crippen molar-refractivity contribution in [3.05, 3.63) is 47.2 Å². The number of amides is 2. The van der Waals surface area contributed by atoms with Gasteiger partial charge in [-0.15, -0.1) is 0 Å². The number of aryl methyl sites for hydroxylation is 2. The van der Waals surface area contributed by atoms with E-state index in [-0.39, 0.29) is 30.3 Å². The summed E-state index contributed by atoms with van der Waals surface area (Å²) in [7, 11) is 3.64. The first-order valence-corrected chi connectivity index (χ1v) is 12.9. The molecule has 0 bridgehead atoms. The van der Waals surface area contributed by atoms with Gasteiger partial charge in [0.25, 0.3) is 0 Å². The maximum Gasteiger partial charge on any atom is 0.416 e. The van der Waals surface area contributed by atoms with Crippen LogP contribution in [0.2, 0.25) is 0 Å². The van der Waals surface area contributed by atoms with Gasteiger partial charge in [-0.3, -0.25) is 19.4 Å². The maximum absolute atomic E-state index is 13.8. The van der Waals surface area contributed by atoms with Crippen LogP contribution in [-0.4, -0.2) is 81.1 Å². The summed E-state index contributed by atoms with van der Waals surface area (Å²) in [6.07, 6.45) is -4.32. The summed E-state index contributed by atoms with van der Waals surface area (Å²) < 4.78 is 40.4. The Balaban J connectivity index is 1.59. The zero-order valence-corrected chi connectivity index (χ0v) is 22.3. The topological polar surface area (TPSA) is 72.0 Å². The smallest absolute Gasteiger partial charge is 0.371 e. The largest absolute Gasteiger partial charge is 0.416 e. The summed E-state index contributed by atoms with van der Waals surface area (Å²) in [6, 6.07) is 6.55. The fourth-order valence-electron chi connectivity index (χ4n) is 5.23. The highest BCUT2D eigenvalue weighted by Gasteiger charge is 2.41. The highest BCUT2D eigenvalue weighted by Crippen LogP contribution is 2.36. The number of pyridine rings is 1. The highest BCUT2D eigenvalue weighted by molar-refractivity contribution is 6.09. The molecule has 2 saturated heterocycles. The van der Waals surface area contributed by atoms with Gasteiger partial charge in [0.05, 0.1) is 16.9 Å². The van der Waals surface area contributed by atoms with Crippen LogP contribution < -0.4 is 20.0 Å². The van der Waals surface area contributed by atoms with E-state index in [2.05, 4.69) is 20.1 Å². The van der Waals surface area contributed by atoms with Crippen molar-refractivity contribution in [2.75, 3.05) is 68.1 Å². The van der Waals surface area contributed by atoms with Gasteiger partial charge >= 0.3 is 6.18 Å². The molecule has 1 aromatic carbocycles. The summed E-state index contributed by atoms with van der Waals surface area (Å²) in [5.41, 5.74) is 1.82. The van der Waals surface area contributed by atoms with Crippen LogP contribution in [0.15, 0.2) is 30.3 Å². The zero-order valence-electron chi connectivity index (χ0n) is 22.3. The molecule has 4 rings (SSSR count). The fourth-order valence-corrected chi connectivity index (χ4v) is 5.23. The first kappa shape index (κ1) is 27.8. The monoisotopic (exact) mass is 532 g/mol. The lowest BCUT2D eigenvalue weighted by atomic mass is 10.1. The van der Waals surface area contributed by atoms with E-state index < -0.39 is 23.7 Å². The van der Waals surface area contributed by atoms with Crippen LogP contribution in [0.3, 0.4) is 0 Å². The first-order valence-electron chi connectivity index (χ1n) is 12.9. The third-order valence-corrected chi connectivity index (χ3v) is 7.26. The number of carbonyl (C=O) groups is 2. The number of rotatable bonds is 7. The normalized spacial score (nSPS) is 18.7. The molecule has 2 aliphatic heterocycles. The second-order valence-electron chi connectivity index (χ2n) is 10.0. The number of alkyl halides is 3. The van der Waals surface area contributed by atoms with Crippen LogP contribution >= 0.6 is 0 Å². The molecule has 2 aromatic rings. The Labute approximate surface area is 221 Å². The molecule has 11 heteroatoms. The average Bonchev–Trinajstić information content (AvgIpc) is 3.27. The Morgan fingerprint density at radius 1 is 1.16 bits per heavy atom. The molecular formula is C27H35F3N6O2. The average molecular weight is 533 g/mol. The number of nitrogens with one attached hydrogen (secondary N) is 1. The minimum Gasteiger partial charge on any atom is -0.371 e. The first-order chi connectivity index (χ1) is 18.0. The van der Waals surface area contributed by atoms with Crippen molar-refractivity contribution in [3.63, 3.8) is 0 Å². The lowest BCUT2D eigenvalue weighted by molar-refractivity contribution is -0.137. The van der Waals surface area contributed by atoms with Gasteiger partial charge < -0.3 is 15.1 Å². The van der Waals surface area contributed by atoms with Crippen molar-refractivity contribution in [1.82, 2.24) is 15.2 Å². The van der Waals surface area contributed by atoms with Gasteiger partial charge in [-0.25, -0.2) is 4.98 Å². The van der Waals surface area contributed by atoms with Crippen LogP contribution in [-0.2, 0) is 15.8 Å². The number of anilines is 3. The predicted molar refractivity (Wildman–Crippen MR) is 142 cm³/mol. The molecule has 0 radical (unpaired) electrons. The van der Waals surface area contributed by atoms with Crippen molar-refractivity contribution in [2.24, 2.45) is 0 Å². The number of nitrogens with zero attached hydrogens (tertiary/aromatic N) is 5. The van der Waals surface area contributed by atoms with Crippen molar-refractivity contribution in [1.29, 1.82) is 0 Å². The number of benzene rings is 1. The molecular weight excluding hydrogens is 497 g/mol. The maximum atomic E-state index is 13.8. The van der Waals surface area contributed by atoms with Crippen molar-refractivity contribution >= 4 is 29.0 Å². The Kier molecular flexibility index (Phi) is 8.27. The molecule has 2 amide bonds. The molecule has 8 nitrogen and oxygen atoms in total. The fraction of sp³-hybridized carbons (Fsp3) is 0.519. The Morgan fingerprint density at radius 2 is 1.87 bits per heavy atom. The van der Waals surface area contributed by atoms with E-state index in [1.54, 1.807) is 7.05 Å². The number of aromatic nitrogens is 1. The SMILES string of the molecule is Cc1cc(C(F)(F)F)cc(N2C(=O)CC[C@H]2C(=O)N(C)c2cccc(C)c2N(C)CCN2CCNCC2)n1. The quantitative estimate of drug-likeness (QED) is 0.591. The Hall–Kier alpha value is -3.18. The van der Waals surface area contributed by atoms with E-state index in [1.165, 1.54) is 11.8 Å². The summed E-state index contributed by atoms with van der Waals surface area (Å²) in [6.45, 7) is 8.98. The lowest BCUT2D eigenvalue weighted by Gasteiger charge is -2.33. The summed E-state index contributed by atoms with van der Waals surface area (Å²) in [5.74, 6) is -0.931. The third kappa shape index (κ3) is 5.94. The number of hydrogen-bond donors (Lipinski definition) is 1. The Bertz CT molecular complexity index is 1180. The Morgan fingerprint density at radius 3 is 2.55 bits per heavy atom. The third-order valence-electron chi connectivity index (χ3n) is 7.26. The summed E-state index contributed by atoms with van der Waals surface area (Å²) >= 11 is 0. The molecule has 206 valence electrons. The summed E-state index contributed by atoms with van der Waals surface area (Å²) in [5, 5.41) is 3.35. The van der Waals surface area contributed by atoms with E-state index in [1.807, 2.05) is 32.2 Å². The van der Waals surface area contributed by atoms with Gasteiger partial charge in [-0.05, 0) is 44.0 Å². The molecule has 1 atom stereocenters. The minimum absolute atomic E-state index is 0.0620. The molecule has 1 aromatic heterocycles. The molecule has 2 fully saturated rings. The molecule has 38 heavy (non-hydrogen) atoms. The van der Waals surface area contributed by atoms with Crippen LogP contribution in [0.1, 0.15) is 29.7 Å². The van der Waals surface area contributed by atoms with Crippen molar-refractivity contribution in [2.45, 2.75) is 38.9 Å². The zero-order chi connectivity index (χ0) is 27.6. The van der Waals surface area contributed by atoms with E-state index >= 15 is 0 Å². The van der Waals surface area contributed by atoms with Crippen LogP contribution in [0.25, 0.3) is 0 Å². The van der Waals surface area contributed by atoms with Crippen molar-refractivity contribution in [3.8, 4) is 0 Å². The number of hydrogen-bond acceptors (Lipinski definition) is 6. The molecule has 0 saturated carbocycles. The van der Waals surface area contributed by atoms with Crippen LogP contribution in [0, 0.1) is 13.8 Å². The molecule has 2 aliphatic rings. The van der Waals surface area contributed by atoms with E-state index in [0.29, 0.717) is 5.69 Å². The second kappa shape index (κ2) is 11.3.